The van der Waals surface area contributed by atoms with Crippen molar-refractivity contribution in [1.82, 2.24) is 0 Å². The van der Waals surface area contributed by atoms with Crippen molar-refractivity contribution in [3.05, 3.63) is 200 Å². The number of para-hydroxylation sites is 2. The molecule has 12 aromatic rings. The monoisotopic (exact) mass is 759 g/mol. The Hall–Kier alpha value is -7.40. The van der Waals surface area contributed by atoms with Gasteiger partial charge in [0.05, 0.1) is 0 Å². The fraction of sp³-hybridized carbons (Fsp3) is 0. The van der Waals surface area contributed by atoms with Crippen LogP contribution in [0.3, 0.4) is 0 Å². The lowest BCUT2D eigenvalue weighted by atomic mass is 10.00. The van der Waals surface area contributed by atoms with Crippen LogP contribution in [-0.4, -0.2) is 0 Å². The summed E-state index contributed by atoms with van der Waals surface area (Å²) in [5, 5.41) is 7.14. The van der Waals surface area contributed by atoms with Crippen molar-refractivity contribution in [3.8, 4) is 33.4 Å². The SMILES string of the molecule is c1cc(-c2ccc3sc4ccccc4c3c2)cc(N(c2ccc(-c3ccc4oc5ccccc5c4c3)cc2)c2ccc(-c3ccc4oc5ccccc5c4c3)cc2)c1. The van der Waals surface area contributed by atoms with Gasteiger partial charge in [-0.2, -0.15) is 0 Å². The number of hydrogen-bond acceptors (Lipinski definition) is 4. The molecule has 3 heterocycles. The van der Waals surface area contributed by atoms with E-state index in [1.54, 1.807) is 0 Å². The van der Waals surface area contributed by atoms with Crippen molar-refractivity contribution in [3.63, 3.8) is 0 Å². The van der Waals surface area contributed by atoms with Crippen molar-refractivity contribution < 1.29 is 8.83 Å². The number of hydrogen-bond donors (Lipinski definition) is 0. The van der Waals surface area contributed by atoms with Crippen LogP contribution in [0.1, 0.15) is 0 Å². The smallest absolute Gasteiger partial charge is 0.135 e. The summed E-state index contributed by atoms with van der Waals surface area (Å²) in [6.07, 6.45) is 0. The van der Waals surface area contributed by atoms with Gasteiger partial charge in [-0.15, -0.1) is 11.3 Å². The van der Waals surface area contributed by atoms with Gasteiger partial charge in [0, 0.05) is 58.8 Å². The molecule has 3 aromatic heterocycles. The number of thiophene rings is 1. The van der Waals surface area contributed by atoms with Crippen LogP contribution in [-0.2, 0) is 0 Å². The summed E-state index contributed by atoms with van der Waals surface area (Å²) < 4.78 is 14.9. The Morgan fingerprint density at radius 2 is 0.724 bits per heavy atom. The third-order valence-electron chi connectivity index (χ3n) is 11.5. The van der Waals surface area contributed by atoms with Gasteiger partial charge >= 0.3 is 0 Å². The van der Waals surface area contributed by atoms with Crippen LogP contribution >= 0.6 is 11.3 Å². The molecule has 0 bridgehead atoms. The number of rotatable bonds is 6. The van der Waals surface area contributed by atoms with Crippen LogP contribution in [0.2, 0.25) is 0 Å². The van der Waals surface area contributed by atoms with Gasteiger partial charge < -0.3 is 13.7 Å². The van der Waals surface area contributed by atoms with Gasteiger partial charge in [0.2, 0.25) is 0 Å². The lowest BCUT2D eigenvalue weighted by molar-refractivity contribution is 0.668. The largest absolute Gasteiger partial charge is 0.456 e. The summed E-state index contributed by atoms with van der Waals surface area (Å²) in [4.78, 5) is 2.36. The van der Waals surface area contributed by atoms with Crippen molar-refractivity contribution >= 4 is 92.4 Å². The fourth-order valence-corrected chi connectivity index (χ4v) is 9.68. The lowest BCUT2D eigenvalue weighted by Gasteiger charge is -2.26. The van der Waals surface area contributed by atoms with Crippen LogP contribution < -0.4 is 4.90 Å². The van der Waals surface area contributed by atoms with Crippen molar-refractivity contribution in [2.24, 2.45) is 0 Å². The van der Waals surface area contributed by atoms with E-state index < -0.39 is 0 Å². The summed E-state index contributed by atoms with van der Waals surface area (Å²) in [7, 11) is 0. The number of furan rings is 2. The normalized spacial score (nSPS) is 11.8. The zero-order valence-electron chi connectivity index (χ0n) is 31.2. The van der Waals surface area contributed by atoms with Crippen LogP contribution in [0.25, 0.3) is 97.4 Å². The van der Waals surface area contributed by atoms with Gasteiger partial charge in [-0.25, -0.2) is 0 Å². The van der Waals surface area contributed by atoms with Gasteiger partial charge in [0.15, 0.2) is 0 Å². The minimum atomic E-state index is 0.903. The average molecular weight is 760 g/mol. The second-order valence-corrected chi connectivity index (χ2v) is 16.0. The highest BCUT2D eigenvalue weighted by molar-refractivity contribution is 7.25. The molecule has 0 aliphatic rings. The van der Waals surface area contributed by atoms with E-state index in [2.05, 4.69) is 181 Å². The van der Waals surface area contributed by atoms with E-state index in [1.807, 2.05) is 35.6 Å². The number of nitrogens with zero attached hydrogens (tertiary/aromatic N) is 1. The lowest BCUT2D eigenvalue weighted by Crippen LogP contribution is -2.10. The third kappa shape index (κ3) is 5.42. The summed E-state index contributed by atoms with van der Waals surface area (Å²) in [6.45, 7) is 0. The molecule has 58 heavy (non-hydrogen) atoms. The first-order valence-electron chi connectivity index (χ1n) is 19.6. The fourth-order valence-electron chi connectivity index (χ4n) is 8.59. The Morgan fingerprint density at radius 1 is 0.276 bits per heavy atom. The van der Waals surface area contributed by atoms with E-state index >= 15 is 0 Å². The molecule has 0 aliphatic heterocycles. The zero-order valence-corrected chi connectivity index (χ0v) is 32.0. The Labute approximate surface area is 338 Å². The van der Waals surface area contributed by atoms with Gasteiger partial charge in [0.25, 0.3) is 0 Å². The van der Waals surface area contributed by atoms with Gasteiger partial charge in [-0.3, -0.25) is 0 Å². The van der Waals surface area contributed by atoms with Crippen LogP contribution in [0.5, 0.6) is 0 Å². The molecule has 272 valence electrons. The first-order valence-corrected chi connectivity index (χ1v) is 20.4. The highest BCUT2D eigenvalue weighted by Gasteiger charge is 2.16. The second kappa shape index (κ2) is 13.1. The summed E-state index contributed by atoms with van der Waals surface area (Å²) in [5.41, 5.74) is 13.9. The van der Waals surface area contributed by atoms with Gasteiger partial charge in [0.1, 0.15) is 22.3 Å². The van der Waals surface area contributed by atoms with Crippen molar-refractivity contribution in [2.45, 2.75) is 0 Å². The van der Waals surface area contributed by atoms with E-state index in [9.17, 15) is 0 Å². The molecular weight excluding hydrogens is 727 g/mol. The Kier molecular flexibility index (Phi) is 7.40. The predicted molar refractivity (Wildman–Crippen MR) is 245 cm³/mol. The molecule has 0 radical (unpaired) electrons. The number of anilines is 3. The molecule has 4 heteroatoms. The number of fused-ring (bicyclic) bond motifs is 9. The van der Waals surface area contributed by atoms with Crippen molar-refractivity contribution in [2.75, 3.05) is 4.90 Å². The molecule has 0 fully saturated rings. The summed E-state index contributed by atoms with van der Waals surface area (Å²) in [5.74, 6) is 0. The van der Waals surface area contributed by atoms with Gasteiger partial charge in [-0.1, -0.05) is 109 Å². The zero-order chi connectivity index (χ0) is 38.2. The molecule has 0 unspecified atom stereocenters. The van der Waals surface area contributed by atoms with E-state index in [0.29, 0.717) is 0 Å². The molecule has 12 rings (SSSR count). The minimum Gasteiger partial charge on any atom is -0.456 e. The van der Waals surface area contributed by atoms with Gasteiger partial charge in [-0.05, 0) is 124 Å². The second-order valence-electron chi connectivity index (χ2n) is 14.9. The Bertz CT molecular complexity index is 3360. The molecular formula is C54H33NO2S. The standard InChI is InChI=1S/C54H33NO2S/c1-4-13-49-43(10-1)46-31-37(20-27-51(46)56-49)34-16-23-40(24-17-34)55(41-25-18-35(19-26-41)38-21-28-52-47(32-38)44-11-2-5-14-50(44)57-52)42-9-7-8-36(30-42)39-22-29-54-48(33-39)45-12-3-6-15-53(45)58-54/h1-33H. The third-order valence-corrected chi connectivity index (χ3v) is 12.6. The molecule has 0 N–H and O–H groups in total. The van der Waals surface area contributed by atoms with E-state index in [-0.39, 0.29) is 0 Å². The molecule has 9 aromatic carbocycles. The average Bonchev–Trinajstić information content (AvgIpc) is 3.98. The maximum atomic E-state index is 6.13. The maximum absolute atomic E-state index is 6.13. The van der Waals surface area contributed by atoms with Crippen LogP contribution in [0.15, 0.2) is 209 Å². The maximum Gasteiger partial charge on any atom is 0.135 e. The topological polar surface area (TPSA) is 29.5 Å². The summed E-state index contributed by atoms with van der Waals surface area (Å²) in [6, 6.07) is 71.7. The highest BCUT2D eigenvalue weighted by atomic mass is 32.1. The summed E-state index contributed by atoms with van der Waals surface area (Å²) >= 11 is 1.85. The first-order chi connectivity index (χ1) is 28.7. The molecule has 0 aliphatic carbocycles. The molecule has 3 nitrogen and oxygen atoms in total. The quantitative estimate of drug-likeness (QED) is 0.169. The highest BCUT2D eigenvalue weighted by Crippen LogP contribution is 2.41. The number of benzene rings is 9. The van der Waals surface area contributed by atoms with Crippen LogP contribution in [0, 0.1) is 0 Å². The molecule has 0 amide bonds. The molecule has 0 saturated carbocycles. The first kappa shape index (κ1) is 32.8. The van der Waals surface area contributed by atoms with Crippen LogP contribution in [0.4, 0.5) is 17.1 Å². The minimum absolute atomic E-state index is 0.903. The molecule has 0 saturated heterocycles. The molecule has 0 atom stereocenters. The Morgan fingerprint density at radius 3 is 1.34 bits per heavy atom. The van der Waals surface area contributed by atoms with E-state index in [1.165, 1.54) is 31.3 Å². The van der Waals surface area contributed by atoms with E-state index in [0.717, 1.165) is 83.2 Å². The van der Waals surface area contributed by atoms with Crippen molar-refractivity contribution in [1.29, 1.82) is 0 Å². The van der Waals surface area contributed by atoms with E-state index in [4.69, 9.17) is 8.83 Å². The molecule has 0 spiro atoms. The Balaban J connectivity index is 0.950. The predicted octanol–water partition coefficient (Wildman–Crippen LogP) is 16.3.